The number of methoxy groups -OCH3 is 1. The van der Waals surface area contributed by atoms with Crippen LogP contribution in [0.4, 0.5) is 0 Å². The maximum atomic E-state index is 12.3. The van der Waals surface area contributed by atoms with Crippen molar-refractivity contribution < 1.29 is 9.30 Å². The Bertz CT molecular complexity index is 494. The average molecular weight is 231 g/mol. The van der Waals surface area contributed by atoms with E-state index < -0.39 is 7.80 Å². The van der Waals surface area contributed by atoms with Gasteiger partial charge in [0.25, 0.3) is 0 Å². The van der Waals surface area contributed by atoms with E-state index in [2.05, 4.69) is 0 Å². The number of rotatable bonds is 3. The van der Waals surface area contributed by atoms with Gasteiger partial charge in [0.1, 0.15) is 13.6 Å². The van der Waals surface area contributed by atoms with Crippen LogP contribution in [0.2, 0.25) is 0 Å². The summed E-state index contributed by atoms with van der Waals surface area (Å²) in [6.07, 6.45) is 0. The van der Waals surface area contributed by atoms with Gasteiger partial charge in [0.2, 0.25) is 0 Å². The van der Waals surface area contributed by atoms with Crippen LogP contribution in [0.1, 0.15) is 0 Å². The summed E-state index contributed by atoms with van der Waals surface area (Å²) in [6, 6.07) is 16.8. The van der Waals surface area contributed by atoms with E-state index in [-0.39, 0.29) is 0 Å². The second kappa shape index (κ2) is 4.91. The lowest BCUT2D eigenvalue weighted by atomic mass is 10.3. The molecule has 0 saturated carbocycles. The Morgan fingerprint density at radius 1 is 0.938 bits per heavy atom. The molecule has 1 atom stereocenters. The number of hydrogen-bond acceptors (Lipinski definition) is 2. The Kier molecular flexibility index (Phi) is 3.33. The highest BCUT2D eigenvalue weighted by Crippen LogP contribution is 2.24. The van der Waals surface area contributed by atoms with Crippen molar-refractivity contribution in [2.75, 3.05) is 7.11 Å². The SMILES string of the molecule is COc1ccccc1[P](=O)c1ccccc1. The molecule has 0 aromatic heterocycles. The molecule has 0 spiro atoms. The third-order valence-electron chi connectivity index (χ3n) is 2.29. The maximum absolute atomic E-state index is 12.3. The van der Waals surface area contributed by atoms with E-state index in [0.717, 1.165) is 10.6 Å². The normalized spacial score (nSPS) is 10.9. The molecular formula is C13H12O2P. The van der Waals surface area contributed by atoms with Crippen LogP contribution in [0.3, 0.4) is 0 Å². The van der Waals surface area contributed by atoms with Crippen molar-refractivity contribution in [2.24, 2.45) is 0 Å². The molecule has 0 fully saturated rings. The summed E-state index contributed by atoms with van der Waals surface area (Å²) in [6.45, 7) is 0. The van der Waals surface area contributed by atoms with Crippen molar-refractivity contribution in [1.29, 1.82) is 0 Å². The Hall–Kier alpha value is -1.66. The van der Waals surface area contributed by atoms with E-state index in [0.29, 0.717) is 5.75 Å². The van der Waals surface area contributed by atoms with Crippen LogP contribution in [0, 0.1) is 0 Å². The molecule has 0 aliphatic heterocycles. The van der Waals surface area contributed by atoms with Crippen molar-refractivity contribution in [1.82, 2.24) is 0 Å². The quantitative estimate of drug-likeness (QED) is 0.758. The molecule has 0 aliphatic carbocycles. The number of ether oxygens (including phenoxy) is 1. The minimum atomic E-state index is -1.57. The Labute approximate surface area is 95.7 Å². The molecule has 0 heterocycles. The van der Waals surface area contributed by atoms with Crippen molar-refractivity contribution >= 4 is 18.4 Å². The smallest absolute Gasteiger partial charge is 0.140 e. The molecule has 1 radical (unpaired) electrons. The second-order valence-corrected chi connectivity index (χ2v) is 4.89. The summed E-state index contributed by atoms with van der Waals surface area (Å²) >= 11 is 0. The van der Waals surface area contributed by atoms with Gasteiger partial charge in [-0.2, -0.15) is 0 Å². The van der Waals surface area contributed by atoms with Crippen LogP contribution in [-0.4, -0.2) is 7.11 Å². The highest BCUT2D eigenvalue weighted by atomic mass is 31.1. The van der Waals surface area contributed by atoms with E-state index in [1.54, 1.807) is 7.11 Å². The first-order valence-corrected chi connectivity index (χ1v) is 6.24. The molecule has 2 nitrogen and oxygen atoms in total. The van der Waals surface area contributed by atoms with Gasteiger partial charge in [-0.3, -0.25) is 4.57 Å². The van der Waals surface area contributed by atoms with Gasteiger partial charge in [-0.25, -0.2) is 0 Å². The molecule has 1 unspecified atom stereocenters. The van der Waals surface area contributed by atoms with Crippen molar-refractivity contribution in [2.45, 2.75) is 0 Å². The van der Waals surface area contributed by atoms with Crippen LogP contribution in [0.25, 0.3) is 0 Å². The predicted octanol–water partition coefficient (Wildman–Crippen LogP) is 2.47. The van der Waals surface area contributed by atoms with Gasteiger partial charge < -0.3 is 4.74 Å². The molecule has 3 heteroatoms. The fourth-order valence-electron chi connectivity index (χ4n) is 1.50. The fraction of sp³-hybridized carbons (Fsp3) is 0.0769. The highest BCUT2D eigenvalue weighted by molar-refractivity contribution is 7.61. The number of hydrogen-bond donors (Lipinski definition) is 0. The van der Waals surface area contributed by atoms with Crippen molar-refractivity contribution in [3.05, 3.63) is 54.6 Å². The van der Waals surface area contributed by atoms with Gasteiger partial charge in [-0.15, -0.1) is 0 Å². The first kappa shape index (κ1) is 10.8. The minimum Gasteiger partial charge on any atom is -0.496 e. The van der Waals surface area contributed by atoms with Crippen LogP contribution in [0.15, 0.2) is 54.6 Å². The molecule has 2 rings (SSSR count). The van der Waals surface area contributed by atoms with Gasteiger partial charge in [0.15, 0.2) is 0 Å². The van der Waals surface area contributed by atoms with Gasteiger partial charge in [0.05, 0.1) is 12.4 Å². The topological polar surface area (TPSA) is 26.3 Å². The van der Waals surface area contributed by atoms with Gasteiger partial charge in [-0.05, 0) is 24.3 Å². The first-order chi connectivity index (χ1) is 7.83. The second-order valence-electron chi connectivity index (χ2n) is 3.30. The van der Waals surface area contributed by atoms with Crippen molar-refractivity contribution in [3.63, 3.8) is 0 Å². The monoisotopic (exact) mass is 231 g/mol. The zero-order chi connectivity index (χ0) is 11.4. The minimum absolute atomic E-state index is 0.674. The van der Waals surface area contributed by atoms with Crippen molar-refractivity contribution in [3.8, 4) is 5.75 Å². The highest BCUT2D eigenvalue weighted by Gasteiger charge is 2.11. The summed E-state index contributed by atoms with van der Waals surface area (Å²) in [5.41, 5.74) is 0. The molecular weight excluding hydrogens is 219 g/mol. The lowest BCUT2D eigenvalue weighted by Gasteiger charge is -2.06. The molecule has 0 amide bonds. The van der Waals surface area contributed by atoms with E-state index >= 15 is 0 Å². The lowest BCUT2D eigenvalue weighted by Crippen LogP contribution is -2.08. The van der Waals surface area contributed by atoms with Gasteiger partial charge in [0, 0.05) is 5.30 Å². The zero-order valence-corrected chi connectivity index (χ0v) is 9.85. The Morgan fingerprint density at radius 3 is 2.25 bits per heavy atom. The van der Waals surface area contributed by atoms with E-state index in [9.17, 15) is 4.57 Å². The summed E-state index contributed by atoms with van der Waals surface area (Å²) in [5, 5.41) is 1.56. The molecule has 2 aromatic rings. The molecule has 0 N–H and O–H groups in total. The fourth-order valence-corrected chi connectivity index (χ4v) is 2.81. The summed E-state index contributed by atoms with van der Waals surface area (Å²) < 4.78 is 17.5. The Morgan fingerprint density at radius 2 is 1.56 bits per heavy atom. The molecule has 81 valence electrons. The van der Waals surface area contributed by atoms with Crippen LogP contribution >= 0.6 is 7.80 Å². The van der Waals surface area contributed by atoms with Crippen LogP contribution in [0.5, 0.6) is 5.75 Å². The average Bonchev–Trinajstić information content (AvgIpc) is 2.39. The van der Waals surface area contributed by atoms with Crippen LogP contribution in [-0.2, 0) is 4.57 Å². The number of para-hydroxylation sites is 1. The molecule has 0 saturated heterocycles. The third-order valence-corrected chi connectivity index (χ3v) is 3.87. The van der Waals surface area contributed by atoms with E-state index in [4.69, 9.17) is 4.74 Å². The zero-order valence-electron chi connectivity index (χ0n) is 8.96. The van der Waals surface area contributed by atoms with Gasteiger partial charge >= 0.3 is 0 Å². The van der Waals surface area contributed by atoms with Gasteiger partial charge in [-0.1, -0.05) is 30.3 Å². The largest absolute Gasteiger partial charge is 0.496 e. The standard InChI is InChI=1S/C13H12O2P/c1-15-12-9-5-6-10-13(12)16(14)11-7-3-2-4-8-11/h2-10H,1H3. The number of benzene rings is 2. The summed E-state index contributed by atoms with van der Waals surface area (Å²) in [5.74, 6) is 0.674. The molecule has 0 bridgehead atoms. The van der Waals surface area contributed by atoms with E-state index in [1.807, 2.05) is 54.6 Å². The molecule has 2 aromatic carbocycles. The predicted molar refractivity (Wildman–Crippen MR) is 66.3 cm³/mol. The third kappa shape index (κ3) is 2.12. The molecule has 16 heavy (non-hydrogen) atoms. The van der Waals surface area contributed by atoms with E-state index in [1.165, 1.54) is 0 Å². The summed E-state index contributed by atoms with van der Waals surface area (Å²) in [7, 11) is 0.0179. The molecule has 0 aliphatic rings. The van der Waals surface area contributed by atoms with Crippen LogP contribution < -0.4 is 15.3 Å². The Balaban J connectivity index is 2.42. The first-order valence-electron chi connectivity index (χ1n) is 4.98. The maximum Gasteiger partial charge on any atom is 0.140 e. The summed E-state index contributed by atoms with van der Waals surface area (Å²) in [4.78, 5) is 0. The lowest BCUT2D eigenvalue weighted by molar-refractivity contribution is 0.418.